The van der Waals surface area contributed by atoms with Gasteiger partial charge in [0.2, 0.25) is 5.91 Å². The van der Waals surface area contributed by atoms with E-state index in [2.05, 4.69) is 16.4 Å². The van der Waals surface area contributed by atoms with Crippen molar-refractivity contribution in [1.82, 2.24) is 14.9 Å². The van der Waals surface area contributed by atoms with Gasteiger partial charge in [0.15, 0.2) is 5.16 Å². The monoisotopic (exact) mass is 420 g/mol. The Bertz CT molecular complexity index is 996. The fourth-order valence-electron chi connectivity index (χ4n) is 2.56. The molecule has 0 unspecified atom stereocenters. The van der Waals surface area contributed by atoms with E-state index in [0.717, 1.165) is 0 Å². The van der Waals surface area contributed by atoms with E-state index in [4.69, 9.17) is 11.6 Å². The highest BCUT2D eigenvalue weighted by Crippen LogP contribution is 2.27. The van der Waals surface area contributed by atoms with Crippen LogP contribution in [0.3, 0.4) is 0 Å². The number of carbonyl (C=O) groups excluding carboxylic acids is 1. The highest BCUT2D eigenvalue weighted by atomic mass is 35.5. The Morgan fingerprint density at radius 3 is 2.50 bits per heavy atom. The van der Waals surface area contributed by atoms with Crippen LogP contribution in [0.4, 0.5) is 0 Å². The van der Waals surface area contributed by atoms with E-state index >= 15 is 0 Å². The quantitative estimate of drug-likeness (QED) is 0.559. The minimum Gasteiger partial charge on any atom is -0.337 e. The molecule has 1 N–H and O–H groups in total. The molecule has 0 bridgehead atoms. The van der Waals surface area contributed by atoms with Crippen LogP contribution in [-0.2, 0) is 4.79 Å². The van der Waals surface area contributed by atoms with Gasteiger partial charge in [-0.1, -0.05) is 37.2 Å². The summed E-state index contributed by atoms with van der Waals surface area (Å²) >= 11 is 7.24. The van der Waals surface area contributed by atoms with Crippen LogP contribution in [0.2, 0.25) is 5.02 Å². The van der Waals surface area contributed by atoms with E-state index in [1.54, 1.807) is 36.6 Å². The maximum Gasteiger partial charge on any atom is 0.262 e. The summed E-state index contributed by atoms with van der Waals surface area (Å²) in [5.74, 6) is -0.327. The molecule has 0 spiro atoms. The number of hydrogen-bond acceptors (Lipinski definition) is 5. The zero-order valence-corrected chi connectivity index (χ0v) is 18.5. The lowest BCUT2D eigenvalue weighted by atomic mass is 9.90. The molecule has 8 heteroatoms. The molecule has 0 radical (unpaired) electrons. The number of amides is 1. The number of aromatic nitrogens is 2. The first-order valence-corrected chi connectivity index (χ1v) is 10.4. The number of hydrogen-bond donors (Lipinski definition) is 1. The van der Waals surface area contributed by atoms with E-state index < -0.39 is 10.8 Å². The molecule has 1 heterocycles. The maximum atomic E-state index is 12.9. The first-order chi connectivity index (χ1) is 13.0. The molecule has 2 aromatic rings. The van der Waals surface area contributed by atoms with E-state index in [1.165, 1.54) is 11.8 Å². The van der Waals surface area contributed by atoms with Gasteiger partial charge in [-0.3, -0.25) is 14.2 Å². The first kappa shape index (κ1) is 22.3. The van der Waals surface area contributed by atoms with Crippen molar-refractivity contribution in [2.24, 2.45) is 5.92 Å². The standard InChI is InChI=1S/C20H25ClN4O2S/c1-11(2)20(6,10-22)24-17(26)13(5)28-19-23-16-9-14(21)7-8-15(16)18(27)25(19)12(3)4/h7-9,11-13H,1-6H3,(H,24,26)/t13-,20+/m1/s1. The molecule has 0 saturated heterocycles. The van der Waals surface area contributed by atoms with Crippen LogP contribution in [0.5, 0.6) is 0 Å². The Morgan fingerprint density at radius 1 is 1.32 bits per heavy atom. The number of nitrogens with zero attached hydrogens (tertiary/aromatic N) is 3. The minimum absolute atomic E-state index is 0.0477. The lowest BCUT2D eigenvalue weighted by molar-refractivity contribution is -0.121. The fraction of sp³-hybridized carbons (Fsp3) is 0.500. The van der Waals surface area contributed by atoms with Crippen molar-refractivity contribution in [2.45, 2.75) is 63.5 Å². The number of thioether (sulfide) groups is 1. The Labute approximate surface area is 174 Å². The van der Waals surface area contributed by atoms with Gasteiger partial charge in [0.25, 0.3) is 5.56 Å². The molecule has 0 aliphatic heterocycles. The third-order valence-corrected chi connectivity index (χ3v) is 6.07. The Balaban J connectivity index is 2.42. The van der Waals surface area contributed by atoms with E-state index in [1.807, 2.05) is 27.7 Å². The molecular formula is C20H25ClN4O2S. The topological polar surface area (TPSA) is 87.8 Å². The van der Waals surface area contributed by atoms with Crippen LogP contribution in [0, 0.1) is 17.2 Å². The highest BCUT2D eigenvalue weighted by Gasteiger charge is 2.32. The molecule has 150 valence electrons. The molecule has 2 atom stereocenters. The molecule has 6 nitrogen and oxygen atoms in total. The van der Waals surface area contributed by atoms with Crippen LogP contribution in [0.1, 0.15) is 47.6 Å². The normalized spacial score (nSPS) is 14.7. The van der Waals surface area contributed by atoms with E-state index in [9.17, 15) is 14.9 Å². The van der Waals surface area contributed by atoms with Gasteiger partial charge >= 0.3 is 0 Å². The zero-order chi connectivity index (χ0) is 21.2. The molecule has 1 amide bonds. The van der Waals surface area contributed by atoms with Crippen molar-refractivity contribution in [1.29, 1.82) is 5.26 Å². The Morgan fingerprint density at radius 2 is 1.96 bits per heavy atom. The van der Waals surface area contributed by atoms with E-state index in [-0.39, 0.29) is 23.4 Å². The van der Waals surface area contributed by atoms with Gasteiger partial charge in [0.05, 0.1) is 22.2 Å². The number of rotatable bonds is 6. The lowest BCUT2D eigenvalue weighted by Crippen LogP contribution is -2.51. The zero-order valence-electron chi connectivity index (χ0n) is 16.9. The summed E-state index contributed by atoms with van der Waals surface area (Å²) in [5.41, 5.74) is -0.641. The van der Waals surface area contributed by atoms with Crippen LogP contribution in [-0.4, -0.2) is 26.2 Å². The number of carbonyl (C=O) groups is 1. The smallest absolute Gasteiger partial charge is 0.262 e. The minimum atomic E-state index is -0.964. The number of halogens is 1. The van der Waals surface area contributed by atoms with Gasteiger partial charge < -0.3 is 5.32 Å². The molecule has 0 saturated carbocycles. The summed E-state index contributed by atoms with van der Waals surface area (Å²) in [7, 11) is 0. The van der Waals surface area contributed by atoms with Crippen LogP contribution >= 0.6 is 23.4 Å². The summed E-state index contributed by atoms with van der Waals surface area (Å²) in [6.45, 7) is 11.0. The molecule has 0 aliphatic carbocycles. The maximum absolute atomic E-state index is 12.9. The number of nitriles is 1. The second-order valence-electron chi connectivity index (χ2n) is 7.54. The predicted octanol–water partition coefficient (Wildman–Crippen LogP) is 4.17. The molecule has 1 aromatic carbocycles. The van der Waals surface area contributed by atoms with Gasteiger partial charge in [-0.15, -0.1) is 0 Å². The fourth-order valence-corrected chi connectivity index (χ4v) is 3.77. The van der Waals surface area contributed by atoms with Gasteiger partial charge in [-0.05, 0) is 51.8 Å². The summed E-state index contributed by atoms with van der Waals surface area (Å²) in [4.78, 5) is 30.2. The van der Waals surface area contributed by atoms with Crippen molar-refractivity contribution >= 4 is 40.2 Å². The third kappa shape index (κ3) is 4.50. The number of fused-ring (bicyclic) bond motifs is 1. The molecule has 2 rings (SSSR count). The molecular weight excluding hydrogens is 396 g/mol. The average Bonchev–Trinajstić information content (AvgIpc) is 2.60. The number of nitrogens with one attached hydrogen (secondary N) is 1. The first-order valence-electron chi connectivity index (χ1n) is 9.12. The molecule has 1 aromatic heterocycles. The van der Waals surface area contributed by atoms with Crippen LogP contribution in [0.15, 0.2) is 28.2 Å². The second-order valence-corrected chi connectivity index (χ2v) is 9.29. The van der Waals surface area contributed by atoms with Crippen molar-refractivity contribution in [3.8, 4) is 6.07 Å². The highest BCUT2D eigenvalue weighted by molar-refractivity contribution is 8.00. The lowest BCUT2D eigenvalue weighted by Gasteiger charge is -2.28. The van der Waals surface area contributed by atoms with Crippen molar-refractivity contribution < 1.29 is 4.79 Å². The van der Waals surface area contributed by atoms with Crippen molar-refractivity contribution in [3.63, 3.8) is 0 Å². The molecule has 28 heavy (non-hydrogen) atoms. The summed E-state index contributed by atoms with van der Waals surface area (Å²) in [6.07, 6.45) is 0. The van der Waals surface area contributed by atoms with Crippen molar-refractivity contribution in [3.05, 3.63) is 33.6 Å². The number of benzene rings is 1. The van der Waals surface area contributed by atoms with Gasteiger partial charge in [0.1, 0.15) is 5.54 Å². The summed E-state index contributed by atoms with van der Waals surface area (Å²) in [5, 5.41) is 13.1. The average molecular weight is 421 g/mol. The van der Waals surface area contributed by atoms with Gasteiger partial charge in [-0.25, -0.2) is 4.98 Å². The summed E-state index contributed by atoms with van der Waals surface area (Å²) in [6, 6.07) is 7.01. The van der Waals surface area contributed by atoms with Crippen LogP contribution in [0.25, 0.3) is 10.9 Å². The summed E-state index contributed by atoms with van der Waals surface area (Å²) < 4.78 is 1.58. The third-order valence-electron chi connectivity index (χ3n) is 4.77. The second kappa shape index (κ2) is 8.54. The largest absolute Gasteiger partial charge is 0.337 e. The van der Waals surface area contributed by atoms with Crippen molar-refractivity contribution in [2.75, 3.05) is 0 Å². The molecule has 0 aliphatic rings. The Kier molecular flexibility index (Phi) is 6.79. The van der Waals surface area contributed by atoms with Gasteiger partial charge in [0, 0.05) is 11.1 Å². The SMILES string of the molecule is CC(C)n1c(S[C@H](C)C(=O)N[C@@](C)(C#N)C(C)C)nc2cc(Cl)ccc2c1=O. The Hall–Kier alpha value is -2.04. The predicted molar refractivity (Wildman–Crippen MR) is 114 cm³/mol. The molecule has 0 fully saturated rings. The van der Waals surface area contributed by atoms with Gasteiger partial charge in [-0.2, -0.15) is 5.26 Å². The van der Waals surface area contributed by atoms with Crippen LogP contribution < -0.4 is 10.9 Å². The van der Waals surface area contributed by atoms with E-state index in [0.29, 0.717) is 21.1 Å².